The summed E-state index contributed by atoms with van der Waals surface area (Å²) in [6.07, 6.45) is 4.38. The number of rotatable bonds is 5. The fourth-order valence-electron chi connectivity index (χ4n) is 2.31. The smallest absolute Gasteiger partial charge is 0.315 e. The van der Waals surface area contributed by atoms with Crippen LogP contribution in [0.15, 0.2) is 18.3 Å². The molecule has 5 nitrogen and oxygen atoms in total. The topological polar surface area (TPSA) is 63.2 Å². The van der Waals surface area contributed by atoms with Gasteiger partial charge in [-0.25, -0.2) is 9.18 Å². The van der Waals surface area contributed by atoms with Gasteiger partial charge in [-0.05, 0) is 31.4 Å². The van der Waals surface area contributed by atoms with Gasteiger partial charge in [0, 0.05) is 12.8 Å². The molecule has 0 bridgehead atoms. The highest BCUT2D eigenvalue weighted by atomic mass is 19.1. The third kappa shape index (κ3) is 3.90. The molecule has 2 unspecified atom stereocenters. The third-order valence-corrected chi connectivity index (χ3v) is 3.42. The van der Waals surface area contributed by atoms with E-state index in [-0.39, 0.29) is 30.4 Å². The van der Waals surface area contributed by atoms with Gasteiger partial charge in [0.05, 0.1) is 24.4 Å². The molecule has 2 amide bonds. The van der Waals surface area contributed by atoms with Crippen molar-refractivity contribution < 1.29 is 13.9 Å². The number of aromatic nitrogens is 1. The van der Waals surface area contributed by atoms with Crippen LogP contribution in [-0.4, -0.2) is 29.8 Å². The Morgan fingerprint density at radius 1 is 1.65 bits per heavy atom. The van der Waals surface area contributed by atoms with E-state index in [2.05, 4.69) is 15.6 Å². The summed E-state index contributed by atoms with van der Waals surface area (Å²) >= 11 is 0. The number of hydrogen-bond donors (Lipinski definition) is 2. The van der Waals surface area contributed by atoms with Gasteiger partial charge < -0.3 is 15.4 Å². The van der Waals surface area contributed by atoms with Gasteiger partial charge in [0.2, 0.25) is 0 Å². The van der Waals surface area contributed by atoms with Crippen molar-refractivity contribution >= 4 is 6.03 Å². The van der Waals surface area contributed by atoms with E-state index in [1.165, 1.54) is 18.3 Å². The number of pyridine rings is 1. The Kier molecular flexibility index (Phi) is 5.29. The summed E-state index contributed by atoms with van der Waals surface area (Å²) < 4.78 is 18.9. The van der Waals surface area contributed by atoms with E-state index in [9.17, 15) is 9.18 Å². The van der Waals surface area contributed by atoms with Crippen LogP contribution in [0.2, 0.25) is 0 Å². The summed E-state index contributed by atoms with van der Waals surface area (Å²) in [6.45, 7) is 2.83. The second-order valence-corrected chi connectivity index (χ2v) is 4.83. The Bertz CT molecular complexity index is 450. The van der Waals surface area contributed by atoms with Crippen LogP contribution in [0.4, 0.5) is 9.18 Å². The van der Waals surface area contributed by atoms with Crippen LogP contribution in [0, 0.1) is 5.82 Å². The minimum absolute atomic E-state index is 0.00826. The molecule has 2 rings (SSSR count). The van der Waals surface area contributed by atoms with Gasteiger partial charge >= 0.3 is 6.03 Å². The fraction of sp³-hybridized carbons (Fsp3) is 0.571. The number of nitrogens with one attached hydrogen (secondary N) is 2. The molecule has 0 saturated carbocycles. The minimum Gasteiger partial charge on any atom is -0.376 e. The minimum atomic E-state index is -0.418. The largest absolute Gasteiger partial charge is 0.376 e. The summed E-state index contributed by atoms with van der Waals surface area (Å²) in [5.74, 6) is -0.418. The predicted octanol–water partition coefficient (Wildman–Crippen LogP) is 1.98. The number of hydrogen-bond acceptors (Lipinski definition) is 3. The number of ether oxygens (including phenoxy) is 1. The van der Waals surface area contributed by atoms with Crippen molar-refractivity contribution in [3.05, 3.63) is 29.8 Å². The van der Waals surface area contributed by atoms with Gasteiger partial charge in [-0.15, -0.1) is 0 Å². The quantitative estimate of drug-likeness (QED) is 0.867. The van der Waals surface area contributed by atoms with E-state index in [1.807, 2.05) is 6.92 Å². The number of carbonyl (C=O) groups is 1. The van der Waals surface area contributed by atoms with Crippen LogP contribution in [0.3, 0.4) is 0 Å². The number of halogens is 1. The molecule has 1 saturated heterocycles. The fourth-order valence-corrected chi connectivity index (χ4v) is 2.31. The van der Waals surface area contributed by atoms with Gasteiger partial charge in [0.25, 0.3) is 0 Å². The molecule has 2 atom stereocenters. The molecule has 0 aromatic carbocycles. The molecule has 0 radical (unpaired) electrons. The highest BCUT2D eigenvalue weighted by Gasteiger charge is 2.25. The van der Waals surface area contributed by atoms with E-state index in [4.69, 9.17) is 4.74 Å². The van der Waals surface area contributed by atoms with Crippen molar-refractivity contribution in [2.24, 2.45) is 0 Å². The zero-order valence-corrected chi connectivity index (χ0v) is 11.6. The summed E-state index contributed by atoms with van der Waals surface area (Å²) in [4.78, 5) is 15.7. The maximum absolute atomic E-state index is 13.4. The van der Waals surface area contributed by atoms with Crippen molar-refractivity contribution in [3.8, 4) is 0 Å². The average molecular weight is 281 g/mol. The standard InChI is InChI=1S/C14H20FN3O2/c1-2-11(13-6-4-8-20-13)18-14(19)17-9-12-10(15)5-3-7-16-12/h3,5,7,11,13H,2,4,6,8-9H2,1H3,(H2,17,18,19). The van der Waals surface area contributed by atoms with Crippen LogP contribution in [0.1, 0.15) is 31.9 Å². The summed E-state index contributed by atoms with van der Waals surface area (Å²) in [5.41, 5.74) is 0.229. The zero-order valence-electron chi connectivity index (χ0n) is 11.6. The van der Waals surface area contributed by atoms with Gasteiger partial charge in [-0.3, -0.25) is 4.98 Å². The third-order valence-electron chi connectivity index (χ3n) is 3.42. The van der Waals surface area contributed by atoms with Crippen molar-refractivity contribution in [2.75, 3.05) is 6.61 Å². The normalized spacial score (nSPS) is 19.6. The lowest BCUT2D eigenvalue weighted by Gasteiger charge is -2.23. The molecular formula is C14H20FN3O2. The Labute approximate surface area is 117 Å². The first-order valence-electron chi connectivity index (χ1n) is 6.96. The second kappa shape index (κ2) is 7.19. The molecule has 1 aliphatic rings. The number of nitrogens with zero attached hydrogens (tertiary/aromatic N) is 1. The molecule has 0 spiro atoms. The van der Waals surface area contributed by atoms with E-state index in [1.54, 1.807) is 0 Å². The highest BCUT2D eigenvalue weighted by Crippen LogP contribution is 2.17. The Balaban J connectivity index is 1.81. The maximum Gasteiger partial charge on any atom is 0.315 e. The predicted molar refractivity (Wildman–Crippen MR) is 72.6 cm³/mol. The lowest BCUT2D eigenvalue weighted by atomic mass is 10.1. The van der Waals surface area contributed by atoms with Gasteiger partial charge in [-0.1, -0.05) is 6.92 Å². The van der Waals surface area contributed by atoms with Crippen molar-refractivity contribution in [3.63, 3.8) is 0 Å². The molecule has 110 valence electrons. The lowest BCUT2D eigenvalue weighted by molar-refractivity contribution is 0.0796. The zero-order chi connectivity index (χ0) is 14.4. The molecule has 2 N–H and O–H groups in total. The van der Waals surface area contributed by atoms with Crippen LogP contribution in [0.5, 0.6) is 0 Å². The Hall–Kier alpha value is -1.69. The van der Waals surface area contributed by atoms with Gasteiger partial charge in [-0.2, -0.15) is 0 Å². The number of amides is 2. The summed E-state index contributed by atoms with van der Waals surface area (Å²) in [7, 11) is 0. The van der Waals surface area contributed by atoms with Crippen molar-refractivity contribution in [1.29, 1.82) is 0 Å². The van der Waals surface area contributed by atoms with Crippen LogP contribution >= 0.6 is 0 Å². The van der Waals surface area contributed by atoms with E-state index >= 15 is 0 Å². The van der Waals surface area contributed by atoms with Crippen molar-refractivity contribution in [1.82, 2.24) is 15.6 Å². The molecule has 0 aliphatic carbocycles. The lowest BCUT2D eigenvalue weighted by Crippen LogP contribution is -2.47. The van der Waals surface area contributed by atoms with E-state index < -0.39 is 5.82 Å². The highest BCUT2D eigenvalue weighted by molar-refractivity contribution is 5.74. The second-order valence-electron chi connectivity index (χ2n) is 4.83. The van der Waals surface area contributed by atoms with E-state index in [0.29, 0.717) is 0 Å². The molecule has 1 aromatic rings. The van der Waals surface area contributed by atoms with Crippen LogP contribution in [0.25, 0.3) is 0 Å². The van der Waals surface area contributed by atoms with E-state index in [0.717, 1.165) is 25.9 Å². The summed E-state index contributed by atoms with van der Waals surface area (Å²) in [6, 6.07) is 2.51. The number of carbonyl (C=O) groups excluding carboxylic acids is 1. The molecule has 2 heterocycles. The molecule has 20 heavy (non-hydrogen) atoms. The number of urea groups is 1. The molecule has 1 fully saturated rings. The van der Waals surface area contributed by atoms with Crippen LogP contribution in [-0.2, 0) is 11.3 Å². The molecule has 6 heteroatoms. The monoisotopic (exact) mass is 281 g/mol. The molecule has 1 aromatic heterocycles. The summed E-state index contributed by atoms with van der Waals surface area (Å²) in [5, 5.41) is 5.49. The van der Waals surface area contributed by atoms with Crippen LogP contribution < -0.4 is 10.6 Å². The molecular weight excluding hydrogens is 261 g/mol. The van der Waals surface area contributed by atoms with Gasteiger partial charge in [0.15, 0.2) is 0 Å². The Morgan fingerprint density at radius 2 is 2.50 bits per heavy atom. The van der Waals surface area contributed by atoms with Crippen molar-refractivity contribution in [2.45, 2.75) is 44.9 Å². The Morgan fingerprint density at radius 3 is 3.15 bits per heavy atom. The molecule has 1 aliphatic heterocycles. The first-order valence-corrected chi connectivity index (χ1v) is 6.96. The van der Waals surface area contributed by atoms with Gasteiger partial charge in [0.1, 0.15) is 5.82 Å². The first-order chi connectivity index (χ1) is 9.70. The first kappa shape index (κ1) is 14.7. The average Bonchev–Trinajstić information content (AvgIpc) is 2.98. The SMILES string of the molecule is CCC(NC(=O)NCc1ncccc1F)C1CCCO1. The maximum atomic E-state index is 13.4.